The van der Waals surface area contributed by atoms with Crippen LogP contribution in [0.15, 0.2) is 18.2 Å². The second-order valence-corrected chi connectivity index (χ2v) is 6.35. The molecule has 0 radical (unpaired) electrons. The fourth-order valence-electron chi connectivity index (χ4n) is 2.50. The first-order chi connectivity index (χ1) is 9.47. The smallest absolute Gasteiger partial charge is 0.337 e. The van der Waals surface area contributed by atoms with Crippen LogP contribution in [0.3, 0.4) is 0 Å². The van der Waals surface area contributed by atoms with E-state index in [2.05, 4.69) is 5.32 Å². The minimum absolute atomic E-state index is 0.0650. The number of carbonyl (C=O) groups is 2. The summed E-state index contributed by atoms with van der Waals surface area (Å²) in [6.07, 6.45) is 3.37. The Hall–Kier alpha value is -1.15. The molecule has 0 aromatic heterocycles. The Kier molecular flexibility index (Phi) is 4.98. The minimum Gasteiger partial charge on any atom is -0.478 e. The lowest BCUT2D eigenvalue weighted by Crippen LogP contribution is -2.34. The van der Waals surface area contributed by atoms with Crippen LogP contribution in [0.4, 0.5) is 5.69 Å². The molecule has 4 N–H and O–H groups in total. The molecule has 1 amide bonds. The van der Waals surface area contributed by atoms with E-state index in [1.54, 1.807) is 18.2 Å². The first kappa shape index (κ1) is 15.2. The summed E-state index contributed by atoms with van der Waals surface area (Å²) in [5.41, 5.74) is 6.34. The van der Waals surface area contributed by atoms with Crippen molar-refractivity contribution in [1.82, 2.24) is 0 Å². The maximum atomic E-state index is 12.2. The Morgan fingerprint density at radius 3 is 2.75 bits per heavy atom. The predicted molar refractivity (Wildman–Crippen MR) is 84.7 cm³/mol. The van der Waals surface area contributed by atoms with Crippen LogP contribution >= 0.6 is 22.6 Å². The molecule has 5 nitrogen and oxygen atoms in total. The molecule has 0 spiro atoms. The van der Waals surface area contributed by atoms with Gasteiger partial charge in [-0.3, -0.25) is 4.79 Å². The van der Waals surface area contributed by atoms with Gasteiger partial charge in [-0.1, -0.05) is 6.42 Å². The summed E-state index contributed by atoms with van der Waals surface area (Å²) >= 11 is 2.04. The van der Waals surface area contributed by atoms with E-state index in [1.165, 1.54) is 0 Å². The highest BCUT2D eigenvalue weighted by Crippen LogP contribution is 2.26. The molecule has 20 heavy (non-hydrogen) atoms. The number of rotatable bonds is 3. The molecule has 1 aromatic rings. The van der Waals surface area contributed by atoms with E-state index in [1.807, 2.05) is 22.6 Å². The van der Waals surface area contributed by atoms with Crippen LogP contribution in [0.2, 0.25) is 0 Å². The van der Waals surface area contributed by atoms with Crippen molar-refractivity contribution < 1.29 is 14.7 Å². The summed E-state index contributed by atoms with van der Waals surface area (Å²) < 4.78 is 0.817. The van der Waals surface area contributed by atoms with Gasteiger partial charge in [0, 0.05) is 15.5 Å². The van der Waals surface area contributed by atoms with Gasteiger partial charge in [0.05, 0.1) is 11.3 Å². The molecule has 2 atom stereocenters. The van der Waals surface area contributed by atoms with E-state index in [0.29, 0.717) is 12.1 Å². The SMILES string of the molecule is NC1CCCC(C(=O)Nc2ccc(I)cc2C(=O)O)C1. The van der Waals surface area contributed by atoms with E-state index in [-0.39, 0.29) is 23.4 Å². The van der Waals surface area contributed by atoms with Gasteiger partial charge in [-0.05, 0) is 60.1 Å². The minimum atomic E-state index is -1.04. The number of aromatic carboxylic acids is 1. The lowest BCUT2D eigenvalue weighted by Gasteiger charge is -2.25. The van der Waals surface area contributed by atoms with E-state index in [4.69, 9.17) is 5.73 Å². The molecule has 108 valence electrons. The molecule has 2 unspecified atom stereocenters. The monoisotopic (exact) mass is 388 g/mol. The number of benzene rings is 1. The molecule has 1 aromatic carbocycles. The predicted octanol–water partition coefficient (Wildman–Crippen LogP) is 2.45. The third-order valence-corrected chi connectivity index (χ3v) is 4.23. The fraction of sp³-hybridized carbons (Fsp3) is 0.429. The first-order valence-electron chi connectivity index (χ1n) is 6.56. The molecule has 0 bridgehead atoms. The number of hydrogen-bond acceptors (Lipinski definition) is 3. The Morgan fingerprint density at radius 2 is 2.10 bits per heavy atom. The molecule has 1 saturated carbocycles. The van der Waals surface area contributed by atoms with Gasteiger partial charge < -0.3 is 16.2 Å². The third kappa shape index (κ3) is 3.69. The number of nitrogens with one attached hydrogen (secondary N) is 1. The number of halogens is 1. The molecular formula is C14H17IN2O3. The molecule has 1 aliphatic carbocycles. The summed E-state index contributed by atoms with van der Waals surface area (Å²) in [5.74, 6) is -1.30. The van der Waals surface area contributed by atoms with Gasteiger partial charge in [-0.25, -0.2) is 4.79 Å². The number of carboxylic acid groups (broad SMARTS) is 1. The van der Waals surface area contributed by atoms with Gasteiger partial charge in [0.15, 0.2) is 0 Å². The fourth-order valence-corrected chi connectivity index (χ4v) is 2.99. The van der Waals surface area contributed by atoms with Gasteiger partial charge in [0.25, 0.3) is 0 Å². The molecule has 6 heteroatoms. The molecule has 0 aliphatic heterocycles. The number of carboxylic acids is 1. The van der Waals surface area contributed by atoms with Crippen LogP contribution in [0.5, 0.6) is 0 Å². The highest BCUT2D eigenvalue weighted by molar-refractivity contribution is 14.1. The standard InChI is InChI=1S/C14H17IN2O3/c15-9-4-5-12(11(7-9)14(19)20)17-13(18)8-2-1-3-10(16)6-8/h4-5,7-8,10H,1-3,6,16H2,(H,17,18)(H,19,20). The molecule has 1 fully saturated rings. The van der Waals surface area contributed by atoms with E-state index in [0.717, 1.165) is 22.8 Å². The number of anilines is 1. The second-order valence-electron chi connectivity index (χ2n) is 5.11. The summed E-state index contributed by atoms with van der Waals surface area (Å²) in [5, 5.41) is 11.9. The largest absolute Gasteiger partial charge is 0.478 e. The van der Waals surface area contributed by atoms with E-state index < -0.39 is 5.97 Å². The maximum Gasteiger partial charge on any atom is 0.337 e. The van der Waals surface area contributed by atoms with E-state index >= 15 is 0 Å². The van der Waals surface area contributed by atoms with Gasteiger partial charge in [0.1, 0.15) is 0 Å². The Bertz CT molecular complexity index is 533. The van der Waals surface area contributed by atoms with Crippen LogP contribution in [-0.2, 0) is 4.79 Å². The lowest BCUT2D eigenvalue weighted by molar-refractivity contribution is -0.120. The molecular weight excluding hydrogens is 371 g/mol. The van der Waals surface area contributed by atoms with Gasteiger partial charge in [-0.15, -0.1) is 0 Å². The van der Waals surface area contributed by atoms with Crippen LogP contribution in [-0.4, -0.2) is 23.0 Å². The summed E-state index contributed by atoms with van der Waals surface area (Å²) in [6.45, 7) is 0. The Morgan fingerprint density at radius 1 is 1.35 bits per heavy atom. The first-order valence-corrected chi connectivity index (χ1v) is 7.64. The quantitative estimate of drug-likeness (QED) is 0.694. The average molecular weight is 388 g/mol. The highest BCUT2D eigenvalue weighted by atomic mass is 127. The van der Waals surface area contributed by atoms with Crippen molar-refractivity contribution in [3.8, 4) is 0 Å². The Balaban J connectivity index is 2.13. The summed E-state index contributed by atoms with van der Waals surface area (Å²) in [4.78, 5) is 23.4. The lowest BCUT2D eigenvalue weighted by atomic mass is 9.85. The van der Waals surface area contributed by atoms with Crippen molar-refractivity contribution in [1.29, 1.82) is 0 Å². The number of amides is 1. The number of hydrogen-bond donors (Lipinski definition) is 3. The summed E-state index contributed by atoms with van der Waals surface area (Å²) in [6, 6.07) is 5.02. The molecule has 0 heterocycles. The number of carbonyl (C=O) groups excluding carboxylic acids is 1. The van der Waals surface area contributed by atoms with Crippen molar-refractivity contribution in [2.75, 3.05) is 5.32 Å². The average Bonchev–Trinajstić information content (AvgIpc) is 2.40. The van der Waals surface area contributed by atoms with Crippen LogP contribution in [0.1, 0.15) is 36.0 Å². The second kappa shape index (κ2) is 6.53. The normalized spacial score (nSPS) is 22.3. The highest BCUT2D eigenvalue weighted by Gasteiger charge is 2.26. The molecule has 2 rings (SSSR count). The van der Waals surface area contributed by atoms with Crippen molar-refractivity contribution in [2.24, 2.45) is 11.7 Å². The third-order valence-electron chi connectivity index (χ3n) is 3.56. The maximum absolute atomic E-state index is 12.2. The van der Waals surface area contributed by atoms with Crippen molar-refractivity contribution >= 4 is 40.2 Å². The van der Waals surface area contributed by atoms with Gasteiger partial charge in [-0.2, -0.15) is 0 Å². The van der Waals surface area contributed by atoms with Crippen LogP contribution in [0.25, 0.3) is 0 Å². The number of nitrogens with two attached hydrogens (primary N) is 1. The topological polar surface area (TPSA) is 92.4 Å². The zero-order valence-corrected chi connectivity index (χ0v) is 13.1. The van der Waals surface area contributed by atoms with Crippen LogP contribution < -0.4 is 11.1 Å². The molecule has 0 saturated heterocycles. The zero-order chi connectivity index (χ0) is 14.7. The summed E-state index contributed by atoms with van der Waals surface area (Å²) in [7, 11) is 0. The zero-order valence-electron chi connectivity index (χ0n) is 10.9. The van der Waals surface area contributed by atoms with E-state index in [9.17, 15) is 14.7 Å². The van der Waals surface area contributed by atoms with Gasteiger partial charge >= 0.3 is 5.97 Å². The Labute approximate surface area is 131 Å². The van der Waals surface area contributed by atoms with Crippen molar-refractivity contribution in [3.05, 3.63) is 27.3 Å². The van der Waals surface area contributed by atoms with Crippen molar-refractivity contribution in [2.45, 2.75) is 31.7 Å². The van der Waals surface area contributed by atoms with Crippen molar-refractivity contribution in [3.63, 3.8) is 0 Å². The molecule has 1 aliphatic rings. The van der Waals surface area contributed by atoms with Crippen LogP contribution in [0, 0.1) is 9.49 Å². The van der Waals surface area contributed by atoms with Gasteiger partial charge in [0.2, 0.25) is 5.91 Å².